The van der Waals surface area contributed by atoms with E-state index in [0.29, 0.717) is 5.41 Å². The summed E-state index contributed by atoms with van der Waals surface area (Å²) in [6, 6.07) is 0. The van der Waals surface area contributed by atoms with Gasteiger partial charge in [-0.15, -0.1) is 0 Å². The molecular formula is C9H17. The minimum Gasteiger partial charge on any atom is -0.0599 e. The maximum absolute atomic E-state index is 2.37. The maximum Gasteiger partial charge on any atom is -0.0272 e. The van der Waals surface area contributed by atoms with Crippen LogP contribution in [0.3, 0.4) is 0 Å². The Hall–Kier alpha value is 0. The molecule has 0 saturated heterocycles. The third-order valence-electron chi connectivity index (χ3n) is 2.46. The van der Waals surface area contributed by atoms with Crippen molar-refractivity contribution in [2.24, 2.45) is 5.41 Å². The summed E-state index contributed by atoms with van der Waals surface area (Å²) < 4.78 is 0. The highest BCUT2D eigenvalue weighted by Gasteiger charge is 2.24. The van der Waals surface area contributed by atoms with Crippen LogP contribution in [0.15, 0.2) is 0 Å². The van der Waals surface area contributed by atoms with Gasteiger partial charge < -0.3 is 0 Å². The molecule has 0 atom stereocenters. The van der Waals surface area contributed by atoms with Crippen LogP contribution in [0.5, 0.6) is 0 Å². The molecule has 1 saturated carbocycles. The van der Waals surface area contributed by atoms with Gasteiger partial charge in [-0.1, -0.05) is 20.8 Å². The van der Waals surface area contributed by atoms with Gasteiger partial charge >= 0.3 is 0 Å². The molecule has 0 aliphatic heterocycles. The second-order valence-corrected chi connectivity index (χ2v) is 4.12. The average Bonchev–Trinajstić information content (AvgIpc) is 1.78. The molecule has 0 amide bonds. The molecule has 0 aromatic rings. The lowest BCUT2D eigenvalue weighted by atomic mass is 9.74. The van der Waals surface area contributed by atoms with Gasteiger partial charge in [0.25, 0.3) is 0 Å². The Morgan fingerprint density at radius 2 is 1.56 bits per heavy atom. The first-order valence-electron chi connectivity index (χ1n) is 3.91. The van der Waals surface area contributed by atoms with Gasteiger partial charge in [0.2, 0.25) is 0 Å². The molecule has 1 rings (SSSR count). The second-order valence-electron chi connectivity index (χ2n) is 4.12. The van der Waals surface area contributed by atoms with Crippen molar-refractivity contribution in [3.05, 3.63) is 5.92 Å². The molecule has 0 aromatic carbocycles. The van der Waals surface area contributed by atoms with E-state index in [1.54, 1.807) is 5.92 Å². The summed E-state index contributed by atoms with van der Waals surface area (Å²) in [6.07, 6.45) is 5.54. The molecule has 0 heterocycles. The van der Waals surface area contributed by atoms with E-state index in [2.05, 4.69) is 20.8 Å². The van der Waals surface area contributed by atoms with Gasteiger partial charge in [-0.2, -0.15) is 0 Å². The average molecular weight is 125 g/mol. The van der Waals surface area contributed by atoms with Gasteiger partial charge in [0.1, 0.15) is 0 Å². The van der Waals surface area contributed by atoms with Crippen LogP contribution in [0.1, 0.15) is 46.5 Å². The van der Waals surface area contributed by atoms with Crippen molar-refractivity contribution >= 4 is 0 Å². The third kappa shape index (κ3) is 2.00. The summed E-state index contributed by atoms with van der Waals surface area (Å²) in [5.74, 6) is 1.70. The van der Waals surface area contributed by atoms with Gasteiger partial charge in [-0.25, -0.2) is 0 Å². The Morgan fingerprint density at radius 1 is 1.11 bits per heavy atom. The Kier molecular flexibility index (Phi) is 1.83. The fraction of sp³-hybridized carbons (Fsp3) is 0.889. The van der Waals surface area contributed by atoms with Crippen molar-refractivity contribution in [3.8, 4) is 0 Å². The summed E-state index contributed by atoms with van der Waals surface area (Å²) >= 11 is 0. The summed E-state index contributed by atoms with van der Waals surface area (Å²) in [5.41, 5.74) is 0.638. The molecule has 53 valence electrons. The molecular weight excluding hydrogens is 108 g/mol. The third-order valence-corrected chi connectivity index (χ3v) is 2.46. The van der Waals surface area contributed by atoms with E-state index in [0.717, 1.165) is 0 Å². The van der Waals surface area contributed by atoms with Crippen molar-refractivity contribution < 1.29 is 0 Å². The van der Waals surface area contributed by atoms with Gasteiger partial charge in [0.05, 0.1) is 0 Å². The zero-order valence-corrected chi connectivity index (χ0v) is 6.83. The van der Waals surface area contributed by atoms with Crippen molar-refractivity contribution in [1.82, 2.24) is 0 Å². The summed E-state index contributed by atoms with van der Waals surface area (Å²) in [5, 5.41) is 0. The highest BCUT2D eigenvalue weighted by molar-refractivity contribution is 4.92. The minimum absolute atomic E-state index is 0.638. The Morgan fingerprint density at radius 3 is 1.89 bits per heavy atom. The van der Waals surface area contributed by atoms with Gasteiger partial charge in [-0.3, -0.25) is 0 Å². The van der Waals surface area contributed by atoms with Crippen LogP contribution < -0.4 is 0 Å². The predicted molar refractivity (Wildman–Crippen MR) is 41.2 cm³/mol. The molecule has 1 aliphatic carbocycles. The van der Waals surface area contributed by atoms with Gasteiger partial charge in [0.15, 0.2) is 0 Å². The van der Waals surface area contributed by atoms with Gasteiger partial charge in [0, 0.05) is 0 Å². The van der Waals surface area contributed by atoms with E-state index in [-0.39, 0.29) is 0 Å². The lowest BCUT2D eigenvalue weighted by molar-refractivity contribution is 0.260. The smallest absolute Gasteiger partial charge is 0.0272 e. The normalized spacial score (nSPS) is 28.3. The molecule has 0 heteroatoms. The van der Waals surface area contributed by atoms with E-state index in [1.165, 1.54) is 25.7 Å². The minimum atomic E-state index is 0.638. The van der Waals surface area contributed by atoms with Crippen molar-refractivity contribution in [2.45, 2.75) is 46.5 Å². The molecule has 0 aromatic heterocycles. The van der Waals surface area contributed by atoms with Crippen LogP contribution in [0.25, 0.3) is 0 Å². The fourth-order valence-corrected chi connectivity index (χ4v) is 1.35. The number of rotatable bonds is 0. The fourth-order valence-electron chi connectivity index (χ4n) is 1.35. The first-order valence-corrected chi connectivity index (χ1v) is 3.91. The highest BCUT2D eigenvalue weighted by Crippen LogP contribution is 2.38. The van der Waals surface area contributed by atoms with E-state index < -0.39 is 0 Å². The lowest BCUT2D eigenvalue weighted by Gasteiger charge is -2.32. The van der Waals surface area contributed by atoms with E-state index in [1.807, 2.05) is 0 Å². The SMILES string of the molecule is C[C]1CCC(C)(C)CC1. The Labute approximate surface area is 58.7 Å². The molecule has 1 fully saturated rings. The molecule has 1 aliphatic rings. The Bertz CT molecular complexity index is 82.2. The molecule has 1 radical (unpaired) electrons. The molecule has 0 bridgehead atoms. The van der Waals surface area contributed by atoms with Crippen LogP contribution in [0.2, 0.25) is 0 Å². The summed E-state index contributed by atoms with van der Waals surface area (Å²) in [6.45, 7) is 7.04. The van der Waals surface area contributed by atoms with E-state index in [9.17, 15) is 0 Å². The summed E-state index contributed by atoms with van der Waals surface area (Å²) in [7, 11) is 0. The molecule has 0 unspecified atom stereocenters. The monoisotopic (exact) mass is 125 g/mol. The van der Waals surface area contributed by atoms with E-state index in [4.69, 9.17) is 0 Å². The molecule has 0 spiro atoms. The zero-order valence-electron chi connectivity index (χ0n) is 6.83. The van der Waals surface area contributed by atoms with Crippen molar-refractivity contribution in [1.29, 1.82) is 0 Å². The van der Waals surface area contributed by atoms with Crippen LogP contribution in [-0.2, 0) is 0 Å². The topological polar surface area (TPSA) is 0 Å². The van der Waals surface area contributed by atoms with Gasteiger partial charge in [-0.05, 0) is 37.0 Å². The number of hydrogen-bond acceptors (Lipinski definition) is 0. The van der Waals surface area contributed by atoms with Crippen LogP contribution in [0.4, 0.5) is 0 Å². The largest absolute Gasteiger partial charge is 0.0599 e. The first kappa shape index (κ1) is 7.11. The number of hydrogen-bond donors (Lipinski definition) is 0. The highest BCUT2D eigenvalue weighted by atomic mass is 14.3. The maximum atomic E-state index is 2.37. The molecule has 0 nitrogen and oxygen atoms in total. The summed E-state index contributed by atoms with van der Waals surface area (Å²) in [4.78, 5) is 0. The zero-order chi connectivity index (χ0) is 6.91. The predicted octanol–water partition coefficient (Wildman–Crippen LogP) is 3.18. The second kappa shape index (κ2) is 2.32. The standard InChI is InChI=1S/C9H17/c1-8-4-6-9(2,3)7-5-8/h4-7H2,1-3H3. The van der Waals surface area contributed by atoms with E-state index >= 15 is 0 Å². The van der Waals surface area contributed by atoms with Crippen LogP contribution >= 0.6 is 0 Å². The van der Waals surface area contributed by atoms with Crippen molar-refractivity contribution in [3.63, 3.8) is 0 Å². The molecule has 9 heavy (non-hydrogen) atoms. The van der Waals surface area contributed by atoms with Crippen LogP contribution in [0, 0.1) is 11.3 Å². The molecule has 0 N–H and O–H groups in total. The quantitative estimate of drug-likeness (QED) is 0.466. The Balaban J connectivity index is 2.35. The van der Waals surface area contributed by atoms with Crippen LogP contribution in [-0.4, -0.2) is 0 Å². The lowest BCUT2D eigenvalue weighted by Crippen LogP contribution is -2.18. The first-order chi connectivity index (χ1) is 4.10. The van der Waals surface area contributed by atoms with Crippen molar-refractivity contribution in [2.75, 3.05) is 0 Å².